The molecule has 0 bridgehead atoms. The van der Waals surface area contributed by atoms with Gasteiger partial charge in [-0.25, -0.2) is 10.2 Å². The number of hydrogen-bond donors (Lipinski definition) is 1. The molecule has 1 amide bonds. The highest BCUT2D eigenvalue weighted by molar-refractivity contribution is 5.94. The number of rotatable bonds is 8. The second-order valence-corrected chi connectivity index (χ2v) is 5.80. The third-order valence-corrected chi connectivity index (χ3v) is 3.32. The van der Waals surface area contributed by atoms with Crippen LogP contribution in [0.4, 0.5) is 0 Å². The molecule has 0 heterocycles. The van der Waals surface area contributed by atoms with Crippen LogP contribution in [0.25, 0.3) is 0 Å². The number of hydrogen-bond acceptors (Lipinski definition) is 6. The number of benzene rings is 2. The zero-order valence-corrected chi connectivity index (χ0v) is 15.5. The zero-order valence-electron chi connectivity index (χ0n) is 15.5. The van der Waals surface area contributed by atoms with Gasteiger partial charge in [-0.2, -0.15) is 5.10 Å². The monoisotopic (exact) mass is 370 g/mol. The number of hydrazone groups is 1. The van der Waals surface area contributed by atoms with Gasteiger partial charge in [-0.3, -0.25) is 4.79 Å². The van der Waals surface area contributed by atoms with Crippen molar-refractivity contribution in [2.75, 3.05) is 13.7 Å². The molecule has 0 aliphatic carbocycles. The lowest BCUT2D eigenvalue weighted by Crippen LogP contribution is -2.19. The number of methoxy groups -OCH3 is 1. The minimum Gasteiger partial charge on any atom is -0.493 e. The molecule has 7 nitrogen and oxygen atoms in total. The maximum absolute atomic E-state index is 11.9. The maximum Gasteiger partial charge on any atom is 0.344 e. The third kappa shape index (κ3) is 6.47. The summed E-state index contributed by atoms with van der Waals surface area (Å²) in [7, 11) is 1.49. The summed E-state index contributed by atoms with van der Waals surface area (Å²) in [5.74, 6) is 0.0816. The second kappa shape index (κ2) is 9.96. The predicted octanol–water partition coefficient (Wildman–Crippen LogP) is 2.79. The van der Waals surface area contributed by atoms with E-state index in [1.54, 1.807) is 56.3 Å². The van der Waals surface area contributed by atoms with Crippen molar-refractivity contribution < 1.29 is 23.8 Å². The summed E-state index contributed by atoms with van der Waals surface area (Å²) in [6.45, 7) is 3.32. The van der Waals surface area contributed by atoms with Crippen LogP contribution in [0, 0.1) is 0 Å². The van der Waals surface area contributed by atoms with E-state index in [9.17, 15) is 9.59 Å². The van der Waals surface area contributed by atoms with Crippen LogP contribution < -0.4 is 14.9 Å². The average Bonchev–Trinajstić information content (AvgIpc) is 2.66. The van der Waals surface area contributed by atoms with Crippen molar-refractivity contribution in [3.63, 3.8) is 0 Å². The van der Waals surface area contributed by atoms with Gasteiger partial charge in [-0.1, -0.05) is 18.2 Å². The third-order valence-electron chi connectivity index (χ3n) is 3.32. The van der Waals surface area contributed by atoms with Gasteiger partial charge in [0.15, 0.2) is 18.1 Å². The first-order chi connectivity index (χ1) is 13.0. The van der Waals surface area contributed by atoms with Gasteiger partial charge in [-0.05, 0) is 49.7 Å². The smallest absolute Gasteiger partial charge is 0.344 e. The minimum atomic E-state index is -0.457. The van der Waals surface area contributed by atoms with Crippen LogP contribution in [0.1, 0.15) is 29.8 Å². The quantitative estimate of drug-likeness (QED) is 0.439. The highest BCUT2D eigenvalue weighted by atomic mass is 16.6. The van der Waals surface area contributed by atoms with Crippen molar-refractivity contribution in [3.8, 4) is 11.5 Å². The van der Waals surface area contributed by atoms with E-state index in [0.29, 0.717) is 22.6 Å². The van der Waals surface area contributed by atoms with Gasteiger partial charge >= 0.3 is 5.97 Å². The molecule has 142 valence electrons. The van der Waals surface area contributed by atoms with Crippen molar-refractivity contribution >= 4 is 18.1 Å². The average molecular weight is 370 g/mol. The standard InChI is InChI=1S/C20H22N2O5/c1-14(2)27-19(23)13-26-17-10-9-15(11-18(17)25-3)12-21-22-20(24)16-7-5-4-6-8-16/h4-12,14H,13H2,1-3H3,(H,22,24)/b21-12+. The Hall–Kier alpha value is -3.35. The summed E-state index contributed by atoms with van der Waals surface area (Å²) < 4.78 is 15.7. The zero-order chi connectivity index (χ0) is 19.6. The molecule has 2 aromatic rings. The summed E-state index contributed by atoms with van der Waals surface area (Å²) in [6.07, 6.45) is 1.29. The van der Waals surface area contributed by atoms with Crippen molar-refractivity contribution in [2.24, 2.45) is 5.10 Å². The summed E-state index contributed by atoms with van der Waals surface area (Å²) in [6, 6.07) is 13.8. The molecule has 0 spiro atoms. The van der Waals surface area contributed by atoms with Crippen LogP contribution in [0.2, 0.25) is 0 Å². The highest BCUT2D eigenvalue weighted by Crippen LogP contribution is 2.27. The molecule has 0 aliphatic heterocycles. The predicted molar refractivity (Wildman–Crippen MR) is 101 cm³/mol. The van der Waals surface area contributed by atoms with E-state index >= 15 is 0 Å². The molecular weight excluding hydrogens is 348 g/mol. The molecule has 0 unspecified atom stereocenters. The van der Waals surface area contributed by atoms with Crippen LogP contribution in [-0.2, 0) is 9.53 Å². The Bertz CT molecular complexity index is 803. The van der Waals surface area contributed by atoms with E-state index in [-0.39, 0.29) is 18.6 Å². The first-order valence-corrected chi connectivity index (χ1v) is 8.38. The topological polar surface area (TPSA) is 86.2 Å². The molecule has 0 aromatic heterocycles. The van der Waals surface area contributed by atoms with E-state index in [1.165, 1.54) is 13.3 Å². The fourth-order valence-corrected chi connectivity index (χ4v) is 2.14. The van der Waals surface area contributed by atoms with Crippen molar-refractivity contribution in [1.82, 2.24) is 5.43 Å². The van der Waals surface area contributed by atoms with E-state index in [4.69, 9.17) is 14.2 Å². The molecule has 0 fully saturated rings. The highest BCUT2D eigenvalue weighted by Gasteiger charge is 2.10. The Morgan fingerprint density at radius 1 is 1.11 bits per heavy atom. The normalized spacial score (nSPS) is 10.7. The second-order valence-electron chi connectivity index (χ2n) is 5.80. The fraction of sp³-hybridized carbons (Fsp3) is 0.250. The Morgan fingerprint density at radius 2 is 1.85 bits per heavy atom. The Balaban J connectivity index is 1.96. The maximum atomic E-state index is 11.9. The molecule has 7 heteroatoms. The number of carbonyl (C=O) groups excluding carboxylic acids is 2. The van der Waals surface area contributed by atoms with Crippen molar-refractivity contribution in [3.05, 3.63) is 59.7 Å². The summed E-state index contributed by atoms with van der Waals surface area (Å²) in [5.41, 5.74) is 3.66. The lowest BCUT2D eigenvalue weighted by Gasteiger charge is -2.12. The van der Waals surface area contributed by atoms with Crippen molar-refractivity contribution in [1.29, 1.82) is 0 Å². The van der Waals surface area contributed by atoms with Crippen LogP contribution >= 0.6 is 0 Å². The lowest BCUT2D eigenvalue weighted by molar-refractivity contribution is -0.149. The molecule has 1 N–H and O–H groups in total. The summed E-state index contributed by atoms with van der Waals surface area (Å²) >= 11 is 0. The molecule has 0 saturated carbocycles. The molecule has 0 saturated heterocycles. The Morgan fingerprint density at radius 3 is 2.52 bits per heavy atom. The first kappa shape index (κ1) is 20.0. The molecule has 27 heavy (non-hydrogen) atoms. The summed E-state index contributed by atoms with van der Waals surface area (Å²) in [5, 5.41) is 3.93. The van der Waals surface area contributed by atoms with Gasteiger partial charge in [0.1, 0.15) is 0 Å². The van der Waals surface area contributed by atoms with Crippen LogP contribution in [0.5, 0.6) is 11.5 Å². The van der Waals surface area contributed by atoms with E-state index in [1.807, 2.05) is 6.07 Å². The number of ether oxygens (including phenoxy) is 3. The fourth-order valence-electron chi connectivity index (χ4n) is 2.14. The first-order valence-electron chi connectivity index (χ1n) is 8.38. The van der Waals surface area contributed by atoms with E-state index in [0.717, 1.165) is 0 Å². The molecule has 0 atom stereocenters. The van der Waals surface area contributed by atoms with E-state index in [2.05, 4.69) is 10.5 Å². The Kier molecular flexibility index (Phi) is 7.37. The summed E-state index contributed by atoms with van der Waals surface area (Å²) in [4.78, 5) is 23.5. The van der Waals surface area contributed by atoms with Gasteiger partial charge in [0.25, 0.3) is 5.91 Å². The van der Waals surface area contributed by atoms with Gasteiger partial charge in [0, 0.05) is 5.56 Å². The van der Waals surface area contributed by atoms with Gasteiger partial charge in [-0.15, -0.1) is 0 Å². The van der Waals surface area contributed by atoms with Crippen molar-refractivity contribution in [2.45, 2.75) is 20.0 Å². The van der Waals surface area contributed by atoms with Gasteiger partial charge in [0.05, 0.1) is 19.4 Å². The number of amides is 1. The number of nitrogens with one attached hydrogen (secondary N) is 1. The number of nitrogens with zero attached hydrogens (tertiary/aromatic N) is 1. The lowest BCUT2D eigenvalue weighted by atomic mass is 10.2. The van der Waals surface area contributed by atoms with Gasteiger partial charge in [0.2, 0.25) is 0 Å². The number of esters is 1. The van der Waals surface area contributed by atoms with Crippen LogP contribution in [0.3, 0.4) is 0 Å². The molecule has 2 rings (SSSR count). The van der Waals surface area contributed by atoms with E-state index < -0.39 is 5.97 Å². The largest absolute Gasteiger partial charge is 0.493 e. The SMILES string of the molecule is COc1cc(/C=N/NC(=O)c2ccccc2)ccc1OCC(=O)OC(C)C. The Labute approximate surface area is 157 Å². The molecule has 2 aromatic carbocycles. The minimum absolute atomic E-state index is 0.201. The van der Waals surface area contributed by atoms with Crippen LogP contribution in [0.15, 0.2) is 53.6 Å². The van der Waals surface area contributed by atoms with Gasteiger partial charge < -0.3 is 14.2 Å². The number of carbonyl (C=O) groups is 2. The molecule has 0 aliphatic rings. The molecular formula is C20H22N2O5. The molecule has 0 radical (unpaired) electrons. The van der Waals surface area contributed by atoms with Crippen LogP contribution in [-0.4, -0.2) is 37.9 Å².